The normalized spacial score (nSPS) is 12.6. The number of aromatic nitrogens is 2. The van der Waals surface area contributed by atoms with E-state index in [0.29, 0.717) is 0 Å². The quantitative estimate of drug-likeness (QED) is 0.177. The molecule has 0 spiro atoms. The molecule has 51 heavy (non-hydrogen) atoms. The predicted molar refractivity (Wildman–Crippen MR) is 216 cm³/mol. The van der Waals surface area contributed by atoms with Gasteiger partial charge in [0, 0.05) is 38.0 Å². The average molecular weight is 647 g/mol. The van der Waals surface area contributed by atoms with Gasteiger partial charge < -0.3 is 8.97 Å². The van der Waals surface area contributed by atoms with Crippen molar-refractivity contribution in [2.24, 2.45) is 0 Å². The maximum atomic E-state index is 2.56. The van der Waals surface area contributed by atoms with Gasteiger partial charge in [-0.15, -0.1) is 0 Å². The average Bonchev–Trinajstić information content (AvgIpc) is 3.85. The first-order valence-electron chi connectivity index (χ1n) is 17.8. The molecule has 0 fully saturated rings. The van der Waals surface area contributed by atoms with Crippen LogP contribution in [-0.2, 0) is 6.42 Å². The smallest absolute Gasteiger partial charge is 0.0619 e. The zero-order valence-corrected chi connectivity index (χ0v) is 27.8. The summed E-state index contributed by atoms with van der Waals surface area (Å²) in [5.41, 5.74) is 12.6. The molecule has 2 nitrogen and oxygen atoms in total. The maximum absolute atomic E-state index is 2.56. The Hall–Kier alpha value is -6.64. The molecule has 12 rings (SSSR count). The van der Waals surface area contributed by atoms with E-state index in [9.17, 15) is 0 Å². The summed E-state index contributed by atoms with van der Waals surface area (Å²) in [6.07, 6.45) is 0.974. The SMILES string of the molecule is c1ccc(-c2ccc(-n3c4ccccc4c4cc5c6cccc7c8cccc9c8c8c(cccc8c8ccccc8n(c5cc43)c76)C9)cc2)cc1. The minimum Gasteiger partial charge on any atom is -0.309 e. The van der Waals surface area contributed by atoms with E-state index in [4.69, 9.17) is 0 Å². The number of nitrogens with zero attached hydrogens (tertiary/aromatic N) is 2. The molecule has 236 valence electrons. The number of rotatable bonds is 2. The van der Waals surface area contributed by atoms with Gasteiger partial charge in [0.25, 0.3) is 0 Å². The molecule has 3 heterocycles. The Labute approximate surface area is 293 Å². The molecule has 0 bridgehead atoms. The number of fused-ring (bicyclic) bond motifs is 10. The number of hydrogen-bond donors (Lipinski definition) is 0. The highest BCUT2D eigenvalue weighted by Gasteiger charge is 2.22. The molecule has 0 radical (unpaired) electrons. The van der Waals surface area contributed by atoms with E-state index >= 15 is 0 Å². The van der Waals surface area contributed by atoms with Gasteiger partial charge in [0.2, 0.25) is 0 Å². The van der Waals surface area contributed by atoms with E-state index in [1.165, 1.54) is 104 Å². The molecule has 2 heteroatoms. The van der Waals surface area contributed by atoms with Crippen molar-refractivity contribution >= 4 is 81.4 Å². The van der Waals surface area contributed by atoms with Crippen LogP contribution >= 0.6 is 0 Å². The lowest BCUT2D eigenvalue weighted by molar-refractivity contribution is 1.18. The van der Waals surface area contributed by atoms with Crippen molar-refractivity contribution in [3.63, 3.8) is 0 Å². The molecule has 0 amide bonds. The standard InChI is InChI=1S/C49H30N2/c1-2-11-30(12-3-1)31-23-25-34(26-24-31)50-43-21-6-5-16-36(43)41-28-42-40-20-10-19-39-38-18-9-14-33-27-32-13-8-17-37(47(32)48(33)38)35-15-4-7-22-44(35)51(49(39)40)46(42)29-45(41)50/h1-26,28-29H,27H2. The highest BCUT2D eigenvalue weighted by molar-refractivity contribution is 6.28. The van der Waals surface area contributed by atoms with Gasteiger partial charge in [-0.2, -0.15) is 0 Å². The van der Waals surface area contributed by atoms with Gasteiger partial charge in [0.1, 0.15) is 0 Å². The van der Waals surface area contributed by atoms with E-state index in [-0.39, 0.29) is 0 Å². The summed E-state index contributed by atoms with van der Waals surface area (Å²) in [5, 5.41) is 13.1. The second-order valence-corrected chi connectivity index (χ2v) is 14.1. The van der Waals surface area contributed by atoms with Crippen molar-refractivity contribution in [2.75, 3.05) is 0 Å². The molecule has 1 aliphatic rings. The van der Waals surface area contributed by atoms with Gasteiger partial charge in [-0.3, -0.25) is 0 Å². The fraction of sp³-hybridized carbons (Fsp3) is 0.0204. The van der Waals surface area contributed by atoms with Crippen LogP contribution in [0.2, 0.25) is 0 Å². The minimum atomic E-state index is 0.974. The molecule has 3 aromatic heterocycles. The van der Waals surface area contributed by atoms with E-state index in [0.717, 1.165) is 12.1 Å². The van der Waals surface area contributed by atoms with Crippen molar-refractivity contribution < 1.29 is 0 Å². The van der Waals surface area contributed by atoms with Crippen LogP contribution in [0.4, 0.5) is 0 Å². The number of benzene rings is 8. The fourth-order valence-electron chi connectivity index (χ4n) is 9.34. The van der Waals surface area contributed by atoms with Crippen LogP contribution in [-0.4, -0.2) is 8.97 Å². The summed E-state index contributed by atoms with van der Waals surface area (Å²) in [5.74, 6) is 0. The third-order valence-electron chi connectivity index (χ3n) is 11.5. The van der Waals surface area contributed by atoms with Crippen LogP contribution in [0.25, 0.3) is 98.3 Å². The Morgan fingerprint density at radius 1 is 0.333 bits per heavy atom. The summed E-state index contributed by atoms with van der Waals surface area (Å²) < 4.78 is 5.02. The van der Waals surface area contributed by atoms with Crippen molar-refractivity contribution in [1.82, 2.24) is 8.97 Å². The van der Waals surface area contributed by atoms with Gasteiger partial charge in [-0.05, 0) is 86.6 Å². The van der Waals surface area contributed by atoms with Crippen molar-refractivity contribution in [3.05, 3.63) is 181 Å². The fourth-order valence-corrected chi connectivity index (χ4v) is 9.34. The van der Waals surface area contributed by atoms with Gasteiger partial charge in [-0.1, -0.05) is 133 Å². The molecular weight excluding hydrogens is 617 g/mol. The van der Waals surface area contributed by atoms with E-state index in [2.05, 4.69) is 179 Å². The van der Waals surface area contributed by atoms with Crippen molar-refractivity contribution in [3.8, 4) is 16.8 Å². The molecule has 1 aliphatic carbocycles. The Morgan fingerprint density at radius 2 is 0.863 bits per heavy atom. The third-order valence-corrected chi connectivity index (χ3v) is 11.5. The molecule has 11 aromatic rings. The van der Waals surface area contributed by atoms with Crippen LogP contribution in [0.1, 0.15) is 11.1 Å². The van der Waals surface area contributed by atoms with Crippen molar-refractivity contribution in [1.29, 1.82) is 0 Å². The van der Waals surface area contributed by atoms with E-state index in [1.54, 1.807) is 0 Å². The van der Waals surface area contributed by atoms with Crippen LogP contribution in [0, 0.1) is 0 Å². The molecule has 0 atom stereocenters. The Balaban J connectivity index is 1.29. The summed E-state index contributed by atoms with van der Waals surface area (Å²) >= 11 is 0. The van der Waals surface area contributed by atoms with Crippen LogP contribution in [0.3, 0.4) is 0 Å². The molecule has 8 aromatic carbocycles. The first-order chi connectivity index (χ1) is 25.3. The monoisotopic (exact) mass is 646 g/mol. The Morgan fingerprint density at radius 3 is 1.61 bits per heavy atom. The highest BCUT2D eigenvalue weighted by atomic mass is 15.0. The lowest BCUT2D eigenvalue weighted by Gasteiger charge is -2.10. The molecule has 0 saturated heterocycles. The van der Waals surface area contributed by atoms with Crippen molar-refractivity contribution in [2.45, 2.75) is 6.42 Å². The van der Waals surface area contributed by atoms with Gasteiger partial charge in [0.15, 0.2) is 0 Å². The van der Waals surface area contributed by atoms with Crippen LogP contribution in [0.5, 0.6) is 0 Å². The molecular formula is C49H30N2. The maximum Gasteiger partial charge on any atom is 0.0619 e. The second kappa shape index (κ2) is 9.97. The zero-order valence-electron chi connectivity index (χ0n) is 27.8. The summed E-state index contributed by atoms with van der Waals surface area (Å²) in [7, 11) is 0. The molecule has 0 N–H and O–H groups in total. The van der Waals surface area contributed by atoms with Crippen LogP contribution in [0.15, 0.2) is 170 Å². The third kappa shape index (κ3) is 3.61. The van der Waals surface area contributed by atoms with Gasteiger partial charge in [-0.25, -0.2) is 0 Å². The lowest BCUT2D eigenvalue weighted by Crippen LogP contribution is -1.94. The van der Waals surface area contributed by atoms with E-state index in [1.807, 2.05) is 0 Å². The largest absolute Gasteiger partial charge is 0.309 e. The first-order valence-corrected chi connectivity index (χ1v) is 17.8. The zero-order chi connectivity index (χ0) is 33.2. The summed E-state index contributed by atoms with van der Waals surface area (Å²) in [4.78, 5) is 0. The lowest BCUT2D eigenvalue weighted by atomic mass is 10.0. The molecule has 0 aliphatic heterocycles. The van der Waals surface area contributed by atoms with Gasteiger partial charge in [0.05, 0.1) is 27.6 Å². The number of para-hydroxylation sites is 3. The topological polar surface area (TPSA) is 9.34 Å². The minimum absolute atomic E-state index is 0.974. The predicted octanol–water partition coefficient (Wildman–Crippen LogP) is 12.9. The molecule has 0 unspecified atom stereocenters. The summed E-state index contributed by atoms with van der Waals surface area (Å²) in [6, 6.07) is 63.2. The van der Waals surface area contributed by atoms with Gasteiger partial charge >= 0.3 is 0 Å². The van der Waals surface area contributed by atoms with E-state index < -0.39 is 0 Å². The Bertz CT molecular complexity index is 3310. The Kier molecular flexibility index (Phi) is 5.32. The second-order valence-electron chi connectivity index (χ2n) is 14.1. The number of hydrogen-bond acceptors (Lipinski definition) is 0. The van der Waals surface area contributed by atoms with Crippen LogP contribution < -0.4 is 0 Å². The first kappa shape index (κ1) is 27.2. The summed E-state index contributed by atoms with van der Waals surface area (Å²) in [6.45, 7) is 0. The molecule has 0 saturated carbocycles. The highest BCUT2D eigenvalue weighted by Crippen LogP contribution is 2.45.